The van der Waals surface area contributed by atoms with Gasteiger partial charge in [-0.1, -0.05) is 6.07 Å². The summed E-state index contributed by atoms with van der Waals surface area (Å²) in [6.45, 7) is 1.93. The first-order chi connectivity index (χ1) is 9.94. The maximum absolute atomic E-state index is 12.5. The predicted octanol–water partition coefficient (Wildman–Crippen LogP) is 0.0797. The highest BCUT2D eigenvalue weighted by Crippen LogP contribution is 2.40. The number of nitrogens with zero attached hydrogens (tertiary/aromatic N) is 3. The summed E-state index contributed by atoms with van der Waals surface area (Å²) < 4.78 is 1.37. The molecule has 0 radical (unpaired) electrons. The predicted molar refractivity (Wildman–Crippen MR) is 76.9 cm³/mol. The van der Waals surface area contributed by atoms with E-state index in [0.29, 0.717) is 31.6 Å². The van der Waals surface area contributed by atoms with Crippen LogP contribution in [0.2, 0.25) is 0 Å². The van der Waals surface area contributed by atoms with Crippen LogP contribution in [0, 0.1) is 5.41 Å². The summed E-state index contributed by atoms with van der Waals surface area (Å²) in [5.41, 5.74) is -0.0330. The average Bonchev–Trinajstić information content (AvgIpc) is 2.50. The molecule has 0 aliphatic carbocycles. The third kappa shape index (κ3) is 2.05. The van der Waals surface area contributed by atoms with E-state index >= 15 is 0 Å². The smallest absolute Gasteiger partial charge is 0.270 e. The highest BCUT2D eigenvalue weighted by Gasteiger charge is 2.51. The molecular weight excluding hydrogens is 270 g/mol. The van der Waals surface area contributed by atoms with Gasteiger partial charge in [-0.2, -0.15) is 0 Å². The minimum atomic E-state index is -0.242. The molecule has 6 nitrogen and oxygen atoms in total. The van der Waals surface area contributed by atoms with Gasteiger partial charge in [-0.25, -0.2) is 0 Å². The van der Waals surface area contributed by atoms with Crippen LogP contribution in [0.4, 0.5) is 0 Å². The number of carbonyl (C=O) groups excluding carboxylic acids is 2. The molecule has 0 saturated carbocycles. The van der Waals surface area contributed by atoms with Crippen molar-refractivity contribution < 1.29 is 9.59 Å². The van der Waals surface area contributed by atoms with Gasteiger partial charge in [0.1, 0.15) is 5.69 Å². The van der Waals surface area contributed by atoms with Crippen LogP contribution in [-0.4, -0.2) is 52.9 Å². The molecule has 2 saturated heterocycles. The van der Waals surface area contributed by atoms with Gasteiger partial charge in [-0.15, -0.1) is 0 Å². The number of pyridine rings is 1. The Morgan fingerprint density at radius 1 is 1.14 bits per heavy atom. The first kappa shape index (κ1) is 13.9. The van der Waals surface area contributed by atoms with Crippen LogP contribution in [0.3, 0.4) is 0 Å². The molecule has 1 spiro atoms. The molecule has 0 N–H and O–H groups in total. The largest absolute Gasteiger partial charge is 0.344 e. The zero-order valence-electron chi connectivity index (χ0n) is 12.3. The molecule has 6 heteroatoms. The second-order valence-electron chi connectivity index (χ2n) is 6.04. The first-order valence-electron chi connectivity index (χ1n) is 7.15. The number of hydrogen-bond acceptors (Lipinski definition) is 3. The molecule has 0 aromatic carbocycles. The first-order valence-corrected chi connectivity index (χ1v) is 7.15. The van der Waals surface area contributed by atoms with Crippen LogP contribution >= 0.6 is 0 Å². The molecule has 2 amide bonds. The van der Waals surface area contributed by atoms with Gasteiger partial charge >= 0.3 is 0 Å². The lowest BCUT2D eigenvalue weighted by Crippen LogP contribution is -2.63. The normalized spacial score (nSPS) is 20.6. The molecule has 2 aliphatic heterocycles. The quantitative estimate of drug-likeness (QED) is 0.688. The van der Waals surface area contributed by atoms with Crippen molar-refractivity contribution in [2.45, 2.75) is 12.8 Å². The van der Waals surface area contributed by atoms with Crippen LogP contribution in [0.25, 0.3) is 0 Å². The summed E-state index contributed by atoms with van der Waals surface area (Å²) in [6, 6.07) is 4.70. The van der Waals surface area contributed by atoms with Gasteiger partial charge in [0.2, 0.25) is 5.91 Å². The summed E-state index contributed by atoms with van der Waals surface area (Å²) in [5, 5.41) is 0. The van der Waals surface area contributed by atoms with Crippen molar-refractivity contribution in [1.29, 1.82) is 0 Å². The lowest BCUT2D eigenvalue weighted by atomic mass is 9.71. The Morgan fingerprint density at radius 3 is 2.38 bits per heavy atom. The molecular formula is C15H19N3O3. The van der Waals surface area contributed by atoms with Crippen LogP contribution < -0.4 is 5.56 Å². The Labute approximate surface area is 123 Å². The van der Waals surface area contributed by atoms with Gasteiger partial charge in [0.25, 0.3) is 11.5 Å². The van der Waals surface area contributed by atoms with Crippen LogP contribution in [-0.2, 0) is 11.8 Å². The number of amides is 2. The topological polar surface area (TPSA) is 62.6 Å². The number of piperidine rings is 1. The summed E-state index contributed by atoms with van der Waals surface area (Å²) in [5.74, 6) is 0.0619. The number of hydrogen-bond donors (Lipinski definition) is 0. The number of aromatic nitrogens is 1. The third-order valence-electron chi connectivity index (χ3n) is 4.75. The minimum Gasteiger partial charge on any atom is -0.344 e. The Balaban J connectivity index is 1.73. The van der Waals surface area contributed by atoms with Gasteiger partial charge in [0, 0.05) is 39.8 Å². The number of carbonyl (C=O) groups is 2. The minimum absolute atomic E-state index is 0.134. The van der Waals surface area contributed by atoms with E-state index in [1.807, 2.05) is 7.05 Å². The standard InChI is InChI=1S/C15H19N3O3/c1-16-10-15(14(16)21)6-8-18(9-7-15)13(20)11-4-3-5-12(19)17(11)2/h3-5H,6-10H2,1-2H3. The second-order valence-corrected chi connectivity index (χ2v) is 6.04. The van der Waals surface area contributed by atoms with E-state index in [0.717, 1.165) is 6.54 Å². The van der Waals surface area contributed by atoms with Crippen LogP contribution in [0.1, 0.15) is 23.3 Å². The van der Waals surface area contributed by atoms with Gasteiger partial charge in [0.15, 0.2) is 0 Å². The molecule has 0 atom stereocenters. The number of likely N-dealkylation sites (tertiary alicyclic amines) is 2. The molecule has 0 bridgehead atoms. The van der Waals surface area contributed by atoms with E-state index in [4.69, 9.17) is 0 Å². The zero-order chi connectivity index (χ0) is 15.2. The molecule has 21 heavy (non-hydrogen) atoms. The average molecular weight is 289 g/mol. The maximum atomic E-state index is 12.5. The lowest BCUT2D eigenvalue weighted by Gasteiger charge is -2.51. The highest BCUT2D eigenvalue weighted by molar-refractivity contribution is 5.93. The molecule has 112 valence electrons. The number of rotatable bonds is 1. The number of β-lactam (4-membered cyclic amide) rings is 1. The van der Waals surface area contributed by atoms with E-state index in [1.54, 1.807) is 29.0 Å². The Bertz CT molecular complexity index is 656. The van der Waals surface area contributed by atoms with Gasteiger partial charge in [0.05, 0.1) is 5.41 Å². The van der Waals surface area contributed by atoms with Crippen molar-refractivity contribution in [3.8, 4) is 0 Å². The van der Waals surface area contributed by atoms with Gasteiger partial charge in [-0.3, -0.25) is 14.4 Å². The summed E-state index contributed by atoms with van der Waals surface area (Å²) in [7, 11) is 3.41. The fourth-order valence-electron chi connectivity index (χ4n) is 3.36. The van der Waals surface area contributed by atoms with E-state index in [9.17, 15) is 14.4 Å². The van der Waals surface area contributed by atoms with E-state index in [-0.39, 0.29) is 22.8 Å². The van der Waals surface area contributed by atoms with Crippen molar-refractivity contribution in [2.24, 2.45) is 12.5 Å². The second kappa shape index (κ2) is 4.72. The maximum Gasteiger partial charge on any atom is 0.270 e. The highest BCUT2D eigenvalue weighted by atomic mass is 16.2. The molecule has 1 aromatic heterocycles. The molecule has 3 rings (SSSR count). The van der Waals surface area contributed by atoms with E-state index in [1.165, 1.54) is 10.6 Å². The van der Waals surface area contributed by atoms with Crippen LogP contribution in [0.15, 0.2) is 23.0 Å². The van der Waals surface area contributed by atoms with Crippen molar-refractivity contribution in [3.05, 3.63) is 34.2 Å². The Morgan fingerprint density at radius 2 is 1.81 bits per heavy atom. The van der Waals surface area contributed by atoms with E-state index in [2.05, 4.69) is 0 Å². The molecule has 1 aromatic rings. The summed E-state index contributed by atoms with van der Waals surface area (Å²) in [4.78, 5) is 39.6. The molecule has 2 aliphatic rings. The third-order valence-corrected chi connectivity index (χ3v) is 4.75. The fourth-order valence-corrected chi connectivity index (χ4v) is 3.36. The van der Waals surface area contributed by atoms with Gasteiger partial charge in [-0.05, 0) is 18.9 Å². The van der Waals surface area contributed by atoms with Crippen molar-refractivity contribution in [2.75, 3.05) is 26.7 Å². The Kier molecular flexibility index (Phi) is 3.11. The van der Waals surface area contributed by atoms with Crippen molar-refractivity contribution >= 4 is 11.8 Å². The molecule has 3 heterocycles. The fraction of sp³-hybridized carbons (Fsp3) is 0.533. The van der Waals surface area contributed by atoms with Crippen LogP contribution in [0.5, 0.6) is 0 Å². The van der Waals surface area contributed by atoms with Crippen molar-refractivity contribution in [3.63, 3.8) is 0 Å². The zero-order valence-corrected chi connectivity index (χ0v) is 12.3. The monoisotopic (exact) mass is 289 g/mol. The van der Waals surface area contributed by atoms with Gasteiger partial charge < -0.3 is 14.4 Å². The van der Waals surface area contributed by atoms with Crippen molar-refractivity contribution in [1.82, 2.24) is 14.4 Å². The molecule has 0 unspecified atom stereocenters. The lowest BCUT2D eigenvalue weighted by molar-refractivity contribution is -0.161. The molecule has 2 fully saturated rings. The van der Waals surface area contributed by atoms with E-state index < -0.39 is 0 Å². The SMILES string of the molecule is CN1CC2(CCN(C(=O)c3cccc(=O)n3C)CC2)C1=O. The Hall–Kier alpha value is -2.11. The summed E-state index contributed by atoms with van der Waals surface area (Å²) >= 11 is 0. The summed E-state index contributed by atoms with van der Waals surface area (Å²) in [6.07, 6.45) is 1.42.